The summed E-state index contributed by atoms with van der Waals surface area (Å²) in [7, 11) is 0. The van der Waals surface area contributed by atoms with Crippen molar-refractivity contribution < 1.29 is 13.6 Å². The number of carbonyl (C=O) groups is 1. The SMILES string of the molecule is O=C(Nc1c[nH]c2cc(F)c(F)cc12)c1ccc(-n2cccn2)cc1. The van der Waals surface area contributed by atoms with Crippen LogP contribution in [0.15, 0.2) is 61.1 Å². The van der Waals surface area contributed by atoms with Crippen LogP contribution in [0.3, 0.4) is 0 Å². The molecule has 0 fully saturated rings. The molecule has 0 aliphatic heterocycles. The Balaban J connectivity index is 1.59. The zero-order valence-corrected chi connectivity index (χ0v) is 12.8. The van der Waals surface area contributed by atoms with Gasteiger partial charge in [-0.1, -0.05) is 0 Å². The van der Waals surface area contributed by atoms with Crippen molar-refractivity contribution >= 4 is 22.5 Å². The molecule has 1 amide bonds. The summed E-state index contributed by atoms with van der Waals surface area (Å²) < 4.78 is 28.4. The number of benzene rings is 2. The number of rotatable bonds is 3. The van der Waals surface area contributed by atoms with Crippen LogP contribution in [0, 0.1) is 11.6 Å². The Labute approximate surface area is 140 Å². The van der Waals surface area contributed by atoms with Crippen LogP contribution in [-0.4, -0.2) is 20.7 Å². The maximum absolute atomic E-state index is 13.4. The van der Waals surface area contributed by atoms with Crippen LogP contribution in [0.5, 0.6) is 0 Å². The molecule has 0 radical (unpaired) electrons. The number of fused-ring (bicyclic) bond motifs is 1. The predicted octanol–water partition coefficient (Wildman–Crippen LogP) is 3.88. The molecule has 2 aromatic heterocycles. The van der Waals surface area contributed by atoms with Crippen LogP contribution in [0.2, 0.25) is 0 Å². The van der Waals surface area contributed by atoms with Crippen molar-refractivity contribution in [2.24, 2.45) is 0 Å². The van der Waals surface area contributed by atoms with Gasteiger partial charge in [-0.3, -0.25) is 4.79 Å². The summed E-state index contributed by atoms with van der Waals surface area (Å²) in [4.78, 5) is 15.2. The molecule has 25 heavy (non-hydrogen) atoms. The Kier molecular flexibility index (Phi) is 3.53. The maximum Gasteiger partial charge on any atom is 0.255 e. The summed E-state index contributed by atoms with van der Waals surface area (Å²) >= 11 is 0. The number of nitrogens with one attached hydrogen (secondary N) is 2. The quantitative estimate of drug-likeness (QED) is 0.595. The van der Waals surface area contributed by atoms with E-state index in [1.54, 1.807) is 47.4 Å². The topological polar surface area (TPSA) is 62.7 Å². The molecule has 0 saturated carbocycles. The van der Waals surface area contributed by atoms with Crippen molar-refractivity contribution in [2.75, 3.05) is 5.32 Å². The van der Waals surface area contributed by atoms with Gasteiger partial charge in [0.2, 0.25) is 0 Å². The van der Waals surface area contributed by atoms with E-state index in [9.17, 15) is 13.6 Å². The fraction of sp³-hybridized carbons (Fsp3) is 0. The number of hydrogen-bond donors (Lipinski definition) is 2. The van der Waals surface area contributed by atoms with Gasteiger partial charge >= 0.3 is 0 Å². The minimum atomic E-state index is -0.967. The number of halogens is 2. The number of aromatic amines is 1. The minimum absolute atomic E-state index is 0.349. The van der Waals surface area contributed by atoms with Gasteiger partial charge in [-0.05, 0) is 36.4 Å². The average molecular weight is 338 g/mol. The molecule has 0 bridgehead atoms. The summed E-state index contributed by atoms with van der Waals surface area (Å²) in [6.07, 6.45) is 4.97. The van der Waals surface area contributed by atoms with E-state index in [2.05, 4.69) is 15.4 Å². The van der Waals surface area contributed by atoms with Gasteiger partial charge in [0, 0.05) is 35.6 Å². The first-order chi connectivity index (χ1) is 12.1. The van der Waals surface area contributed by atoms with E-state index in [0.717, 1.165) is 17.8 Å². The second-order valence-electron chi connectivity index (χ2n) is 5.47. The molecule has 0 spiro atoms. The number of carbonyl (C=O) groups excluding carboxylic acids is 1. The second kappa shape index (κ2) is 5.86. The van der Waals surface area contributed by atoms with Crippen molar-refractivity contribution in [2.45, 2.75) is 0 Å². The molecule has 4 aromatic rings. The average Bonchev–Trinajstić information content (AvgIpc) is 3.27. The molecule has 0 saturated heterocycles. The number of hydrogen-bond acceptors (Lipinski definition) is 2. The molecule has 2 heterocycles. The van der Waals surface area contributed by atoms with E-state index in [4.69, 9.17) is 0 Å². The molecule has 4 rings (SSSR count). The van der Waals surface area contributed by atoms with Crippen molar-refractivity contribution in [1.82, 2.24) is 14.8 Å². The molecule has 0 unspecified atom stereocenters. The lowest BCUT2D eigenvalue weighted by Gasteiger charge is -2.06. The molecule has 2 aromatic carbocycles. The number of aromatic nitrogens is 3. The Morgan fingerprint density at radius 2 is 1.88 bits per heavy atom. The highest BCUT2D eigenvalue weighted by molar-refractivity contribution is 6.09. The first kappa shape index (κ1) is 15.1. The highest BCUT2D eigenvalue weighted by Gasteiger charge is 2.13. The lowest BCUT2D eigenvalue weighted by atomic mass is 10.1. The summed E-state index contributed by atoms with van der Waals surface area (Å²) in [5.74, 6) is -2.26. The smallest absolute Gasteiger partial charge is 0.255 e. The molecule has 7 heteroatoms. The van der Waals surface area contributed by atoms with Crippen molar-refractivity contribution in [3.05, 3.63) is 78.3 Å². The zero-order chi connectivity index (χ0) is 17.4. The molecular formula is C18H12F2N4O. The third kappa shape index (κ3) is 2.76. The van der Waals surface area contributed by atoms with E-state index in [1.807, 2.05) is 0 Å². The van der Waals surface area contributed by atoms with E-state index in [1.165, 1.54) is 6.20 Å². The summed E-state index contributed by atoms with van der Waals surface area (Å²) in [6.45, 7) is 0. The largest absolute Gasteiger partial charge is 0.359 e. The van der Waals surface area contributed by atoms with Crippen LogP contribution in [0.4, 0.5) is 14.5 Å². The Morgan fingerprint density at radius 3 is 2.60 bits per heavy atom. The van der Waals surface area contributed by atoms with Crippen LogP contribution >= 0.6 is 0 Å². The monoisotopic (exact) mass is 338 g/mol. The second-order valence-corrected chi connectivity index (χ2v) is 5.47. The van der Waals surface area contributed by atoms with Gasteiger partial charge < -0.3 is 10.3 Å². The van der Waals surface area contributed by atoms with Gasteiger partial charge in [-0.25, -0.2) is 13.5 Å². The van der Waals surface area contributed by atoms with E-state index in [0.29, 0.717) is 22.2 Å². The molecular weight excluding hydrogens is 326 g/mol. The predicted molar refractivity (Wildman–Crippen MR) is 89.7 cm³/mol. The maximum atomic E-state index is 13.4. The van der Waals surface area contributed by atoms with Crippen LogP contribution < -0.4 is 5.32 Å². The van der Waals surface area contributed by atoms with Crippen LogP contribution in [-0.2, 0) is 0 Å². The van der Waals surface area contributed by atoms with Gasteiger partial charge in [0.25, 0.3) is 5.91 Å². The van der Waals surface area contributed by atoms with Crippen molar-refractivity contribution in [3.63, 3.8) is 0 Å². The summed E-state index contributed by atoms with van der Waals surface area (Å²) in [6, 6.07) is 10.8. The summed E-state index contributed by atoms with van der Waals surface area (Å²) in [5.41, 5.74) is 2.05. The van der Waals surface area contributed by atoms with Crippen LogP contribution in [0.25, 0.3) is 16.6 Å². The number of H-pyrrole nitrogens is 1. The van der Waals surface area contributed by atoms with Gasteiger partial charge in [-0.2, -0.15) is 5.10 Å². The van der Waals surface area contributed by atoms with Crippen molar-refractivity contribution in [1.29, 1.82) is 0 Å². The van der Waals surface area contributed by atoms with E-state index >= 15 is 0 Å². The molecule has 0 atom stereocenters. The molecule has 0 aliphatic rings. The lowest BCUT2D eigenvalue weighted by molar-refractivity contribution is 0.102. The fourth-order valence-corrected chi connectivity index (χ4v) is 2.60. The molecule has 5 nitrogen and oxygen atoms in total. The summed E-state index contributed by atoms with van der Waals surface area (Å²) in [5, 5.41) is 7.22. The first-order valence-electron chi connectivity index (χ1n) is 7.49. The van der Waals surface area contributed by atoms with Gasteiger partial charge in [-0.15, -0.1) is 0 Å². The zero-order valence-electron chi connectivity index (χ0n) is 12.8. The van der Waals surface area contributed by atoms with Crippen molar-refractivity contribution in [3.8, 4) is 5.69 Å². The third-order valence-corrected chi connectivity index (χ3v) is 3.87. The van der Waals surface area contributed by atoms with E-state index < -0.39 is 11.6 Å². The number of nitrogens with zero attached hydrogens (tertiary/aromatic N) is 2. The number of amides is 1. The number of anilines is 1. The standard InChI is InChI=1S/C18H12F2N4O/c19-14-8-13-16(9-15(14)20)21-10-17(13)23-18(25)11-2-4-12(5-3-11)24-7-1-6-22-24/h1-10,21H,(H,23,25). The first-order valence-corrected chi connectivity index (χ1v) is 7.49. The normalized spacial score (nSPS) is 11.0. The van der Waals surface area contributed by atoms with E-state index in [-0.39, 0.29) is 5.91 Å². The van der Waals surface area contributed by atoms with Gasteiger partial charge in [0.05, 0.1) is 16.9 Å². The highest BCUT2D eigenvalue weighted by atomic mass is 19.2. The Morgan fingerprint density at radius 1 is 1.12 bits per heavy atom. The molecule has 2 N–H and O–H groups in total. The Hall–Kier alpha value is -3.48. The minimum Gasteiger partial charge on any atom is -0.359 e. The third-order valence-electron chi connectivity index (χ3n) is 3.87. The van der Waals surface area contributed by atoms with Gasteiger partial charge in [0.15, 0.2) is 11.6 Å². The van der Waals surface area contributed by atoms with Crippen LogP contribution in [0.1, 0.15) is 10.4 Å². The molecule has 0 aliphatic carbocycles. The lowest BCUT2D eigenvalue weighted by Crippen LogP contribution is -2.11. The fourth-order valence-electron chi connectivity index (χ4n) is 2.60. The Bertz CT molecular complexity index is 1050. The highest BCUT2D eigenvalue weighted by Crippen LogP contribution is 2.26. The molecule has 124 valence electrons. The van der Waals surface area contributed by atoms with Gasteiger partial charge in [0.1, 0.15) is 0 Å².